The molecule has 1 amide bonds. The minimum Gasteiger partial charge on any atom is -0.393 e. The molecule has 5 nitrogen and oxygen atoms in total. The van der Waals surface area contributed by atoms with Gasteiger partial charge in [-0.15, -0.1) is 0 Å². The maximum absolute atomic E-state index is 10.7. The molecule has 0 spiro atoms. The number of ether oxygens (including phenoxy) is 1. The highest BCUT2D eigenvalue weighted by Crippen LogP contribution is 2.15. The summed E-state index contributed by atoms with van der Waals surface area (Å²) in [6, 6.07) is 9.05. The topological polar surface area (TPSA) is 78.8 Å². The molecule has 15 heavy (non-hydrogen) atoms. The molecule has 0 saturated heterocycles. The third-order valence-corrected chi connectivity index (χ3v) is 1.88. The minimum atomic E-state index is -0.649. The van der Waals surface area contributed by atoms with Crippen LogP contribution in [0.4, 0.5) is 0 Å². The van der Waals surface area contributed by atoms with Crippen LogP contribution >= 0.6 is 0 Å². The number of rotatable bonds is 5. The fraction of sp³-hybridized carbons (Fsp3) is 0.300. The van der Waals surface area contributed by atoms with E-state index in [-0.39, 0.29) is 13.2 Å². The van der Waals surface area contributed by atoms with Crippen LogP contribution in [0.1, 0.15) is 11.7 Å². The smallest absolute Gasteiger partial charge is 0.269 e. The lowest BCUT2D eigenvalue weighted by Crippen LogP contribution is -2.25. The number of nitrogens with one attached hydrogen (secondary N) is 1. The van der Waals surface area contributed by atoms with Crippen LogP contribution in [0, 0.1) is 0 Å². The molecular weight excluding hydrogens is 198 g/mol. The third-order valence-electron chi connectivity index (χ3n) is 1.88. The lowest BCUT2D eigenvalue weighted by Gasteiger charge is -2.14. The van der Waals surface area contributed by atoms with E-state index in [1.807, 2.05) is 18.2 Å². The number of amides is 1. The summed E-state index contributed by atoms with van der Waals surface area (Å²) in [6.45, 7) is -0.515. The van der Waals surface area contributed by atoms with Crippen LogP contribution in [0.25, 0.3) is 0 Å². The number of benzene rings is 1. The van der Waals surface area contributed by atoms with Crippen LogP contribution in [0.15, 0.2) is 30.3 Å². The molecule has 1 rings (SSSR count). The van der Waals surface area contributed by atoms with Crippen molar-refractivity contribution in [1.29, 1.82) is 0 Å². The predicted molar refractivity (Wildman–Crippen MR) is 52.2 cm³/mol. The average molecular weight is 211 g/mol. The second-order valence-corrected chi connectivity index (χ2v) is 2.93. The predicted octanol–water partition coefficient (Wildman–Crippen LogP) is 0.242. The van der Waals surface area contributed by atoms with E-state index in [1.165, 1.54) is 5.48 Å². The molecule has 0 aliphatic carbocycles. The molecule has 0 aromatic heterocycles. The standard InChI is InChI=1S/C10H13NO4/c12-6-9(15-7-10(13)11-14)8-4-2-1-3-5-8/h1-5,9,12,14H,6-7H2,(H,11,13)/t9-/m1/s1. The van der Waals surface area contributed by atoms with E-state index < -0.39 is 12.0 Å². The SMILES string of the molecule is O=C(CO[C@H](CO)c1ccccc1)NO. The first-order valence-corrected chi connectivity index (χ1v) is 4.48. The lowest BCUT2D eigenvalue weighted by atomic mass is 10.1. The van der Waals surface area contributed by atoms with Crippen molar-refractivity contribution < 1.29 is 19.8 Å². The number of hydrogen-bond donors (Lipinski definition) is 3. The Labute approximate surface area is 87.3 Å². The second kappa shape index (κ2) is 6.13. The Morgan fingerprint density at radius 3 is 2.60 bits per heavy atom. The molecule has 0 aliphatic rings. The van der Waals surface area contributed by atoms with E-state index in [0.717, 1.165) is 5.56 Å². The van der Waals surface area contributed by atoms with Gasteiger partial charge in [-0.05, 0) is 5.56 Å². The minimum absolute atomic E-state index is 0.220. The van der Waals surface area contributed by atoms with Crippen LogP contribution < -0.4 is 5.48 Å². The van der Waals surface area contributed by atoms with Crippen molar-refractivity contribution in [1.82, 2.24) is 5.48 Å². The molecule has 0 heterocycles. The van der Waals surface area contributed by atoms with Gasteiger partial charge in [0.05, 0.1) is 6.61 Å². The lowest BCUT2D eigenvalue weighted by molar-refractivity contribution is -0.137. The summed E-state index contributed by atoms with van der Waals surface area (Å²) < 4.78 is 5.11. The maximum Gasteiger partial charge on any atom is 0.269 e. The molecule has 0 bridgehead atoms. The highest BCUT2D eigenvalue weighted by Gasteiger charge is 2.11. The van der Waals surface area contributed by atoms with Gasteiger partial charge in [0.25, 0.3) is 5.91 Å². The first-order chi connectivity index (χ1) is 7.27. The normalized spacial score (nSPS) is 12.1. The van der Waals surface area contributed by atoms with E-state index in [0.29, 0.717) is 0 Å². The second-order valence-electron chi connectivity index (χ2n) is 2.93. The van der Waals surface area contributed by atoms with Gasteiger partial charge in [0.15, 0.2) is 0 Å². The molecule has 0 fully saturated rings. The van der Waals surface area contributed by atoms with Crippen molar-refractivity contribution >= 4 is 5.91 Å². The summed E-state index contributed by atoms with van der Waals surface area (Å²) in [5.41, 5.74) is 2.23. The number of carbonyl (C=O) groups is 1. The third kappa shape index (κ3) is 3.67. The van der Waals surface area contributed by atoms with E-state index in [2.05, 4.69) is 0 Å². The Morgan fingerprint density at radius 2 is 2.07 bits per heavy atom. The summed E-state index contributed by atoms with van der Waals surface area (Å²) in [5.74, 6) is -0.649. The molecule has 1 aromatic rings. The molecule has 1 atom stereocenters. The van der Waals surface area contributed by atoms with Crippen LogP contribution in [0.5, 0.6) is 0 Å². The highest BCUT2D eigenvalue weighted by atomic mass is 16.5. The van der Waals surface area contributed by atoms with Crippen molar-refractivity contribution in [3.8, 4) is 0 Å². The molecule has 0 saturated carbocycles. The maximum atomic E-state index is 10.7. The van der Waals surface area contributed by atoms with E-state index >= 15 is 0 Å². The summed E-state index contributed by atoms with van der Waals surface area (Å²) >= 11 is 0. The molecule has 3 N–H and O–H groups in total. The van der Waals surface area contributed by atoms with Gasteiger partial charge in [-0.1, -0.05) is 30.3 Å². The van der Waals surface area contributed by atoms with Gasteiger partial charge in [-0.3, -0.25) is 10.0 Å². The Hall–Kier alpha value is -1.43. The Morgan fingerprint density at radius 1 is 1.40 bits per heavy atom. The van der Waals surface area contributed by atoms with Crippen LogP contribution in [-0.2, 0) is 9.53 Å². The zero-order chi connectivity index (χ0) is 11.1. The first-order valence-electron chi connectivity index (χ1n) is 4.48. The van der Waals surface area contributed by atoms with E-state index in [1.54, 1.807) is 12.1 Å². The van der Waals surface area contributed by atoms with Crippen molar-refractivity contribution in [3.63, 3.8) is 0 Å². The molecule has 82 valence electrons. The molecule has 0 unspecified atom stereocenters. The van der Waals surface area contributed by atoms with Gasteiger partial charge in [0, 0.05) is 0 Å². The molecule has 1 aromatic carbocycles. The van der Waals surface area contributed by atoms with Crippen LogP contribution in [0.3, 0.4) is 0 Å². The quantitative estimate of drug-likeness (QED) is 0.481. The number of hydroxylamine groups is 1. The first kappa shape index (κ1) is 11.6. The summed E-state index contributed by atoms with van der Waals surface area (Å²) in [5, 5.41) is 17.3. The van der Waals surface area contributed by atoms with Crippen LogP contribution in [0.2, 0.25) is 0 Å². The van der Waals surface area contributed by atoms with Gasteiger partial charge in [0.2, 0.25) is 0 Å². The summed E-state index contributed by atoms with van der Waals surface area (Å²) in [6.07, 6.45) is -0.552. The number of hydrogen-bond acceptors (Lipinski definition) is 4. The van der Waals surface area contributed by atoms with Crippen molar-refractivity contribution in [2.24, 2.45) is 0 Å². The molecular formula is C10H13NO4. The van der Waals surface area contributed by atoms with Gasteiger partial charge >= 0.3 is 0 Å². The molecule has 0 radical (unpaired) electrons. The van der Waals surface area contributed by atoms with Crippen LogP contribution in [-0.4, -0.2) is 29.4 Å². The van der Waals surface area contributed by atoms with Gasteiger partial charge in [-0.2, -0.15) is 0 Å². The zero-order valence-corrected chi connectivity index (χ0v) is 8.09. The Bertz CT molecular complexity index is 302. The number of aliphatic hydroxyl groups excluding tert-OH is 1. The summed E-state index contributed by atoms with van der Waals surface area (Å²) in [7, 11) is 0. The van der Waals surface area contributed by atoms with Gasteiger partial charge in [0.1, 0.15) is 12.7 Å². The Kier molecular flexibility index (Phi) is 4.76. The fourth-order valence-electron chi connectivity index (χ4n) is 1.13. The highest BCUT2D eigenvalue weighted by molar-refractivity contribution is 5.75. The van der Waals surface area contributed by atoms with Gasteiger partial charge < -0.3 is 9.84 Å². The number of aliphatic hydroxyl groups is 1. The van der Waals surface area contributed by atoms with Crippen molar-refractivity contribution in [3.05, 3.63) is 35.9 Å². The van der Waals surface area contributed by atoms with Crippen molar-refractivity contribution in [2.75, 3.05) is 13.2 Å². The monoisotopic (exact) mass is 211 g/mol. The van der Waals surface area contributed by atoms with Crippen molar-refractivity contribution in [2.45, 2.75) is 6.10 Å². The van der Waals surface area contributed by atoms with E-state index in [9.17, 15) is 4.79 Å². The largest absolute Gasteiger partial charge is 0.393 e. The fourth-order valence-corrected chi connectivity index (χ4v) is 1.13. The summed E-state index contributed by atoms with van der Waals surface area (Å²) in [4.78, 5) is 10.7. The number of carbonyl (C=O) groups excluding carboxylic acids is 1. The van der Waals surface area contributed by atoms with Gasteiger partial charge in [-0.25, -0.2) is 5.48 Å². The van der Waals surface area contributed by atoms with E-state index in [4.69, 9.17) is 15.1 Å². The average Bonchev–Trinajstić information content (AvgIpc) is 2.31. The Balaban J connectivity index is 2.53. The molecule has 5 heteroatoms. The molecule has 0 aliphatic heterocycles. The zero-order valence-electron chi connectivity index (χ0n) is 8.09.